The van der Waals surface area contributed by atoms with Crippen molar-refractivity contribution in [2.45, 2.75) is 69.9 Å². The largest absolute Gasteiger partial charge is 0.388 e. The summed E-state index contributed by atoms with van der Waals surface area (Å²) in [5, 5.41) is 9.82. The van der Waals surface area contributed by atoms with Crippen molar-refractivity contribution >= 4 is 0 Å². The van der Waals surface area contributed by atoms with E-state index >= 15 is 8.78 Å². The van der Waals surface area contributed by atoms with Gasteiger partial charge in [0.05, 0.1) is 25.4 Å². The van der Waals surface area contributed by atoms with Gasteiger partial charge in [-0.1, -0.05) is 43.3 Å². The summed E-state index contributed by atoms with van der Waals surface area (Å²) in [7, 11) is 0. The van der Waals surface area contributed by atoms with Crippen LogP contribution in [0.15, 0.2) is 36.4 Å². The van der Waals surface area contributed by atoms with Crippen LogP contribution in [-0.2, 0) is 16.1 Å². The molecule has 2 fully saturated rings. The van der Waals surface area contributed by atoms with Crippen LogP contribution in [0, 0.1) is 34.9 Å². The summed E-state index contributed by atoms with van der Waals surface area (Å²) in [5.41, 5.74) is -0.591. The molecule has 1 saturated carbocycles. The first-order valence-corrected chi connectivity index (χ1v) is 13.0. The van der Waals surface area contributed by atoms with Gasteiger partial charge >= 0.3 is 0 Å². The third-order valence-corrected chi connectivity index (χ3v) is 7.72. The molecule has 2 aliphatic rings. The highest BCUT2D eigenvalue weighted by Crippen LogP contribution is 2.40. The Labute approximate surface area is 222 Å². The molecule has 0 aromatic heterocycles. The molecule has 0 spiro atoms. The van der Waals surface area contributed by atoms with E-state index in [-0.39, 0.29) is 65.0 Å². The van der Waals surface area contributed by atoms with Crippen LogP contribution < -0.4 is 0 Å². The lowest BCUT2D eigenvalue weighted by atomic mass is 9.82. The zero-order chi connectivity index (χ0) is 27.8. The van der Waals surface area contributed by atoms with Crippen molar-refractivity contribution < 1.29 is 40.9 Å². The first-order valence-electron chi connectivity index (χ1n) is 13.0. The van der Waals surface area contributed by atoms with Gasteiger partial charge in [0.1, 0.15) is 6.10 Å². The van der Waals surface area contributed by atoms with Gasteiger partial charge in [0.2, 0.25) is 0 Å². The number of epoxide rings is 1. The highest BCUT2D eigenvalue weighted by atomic mass is 19.2. The Morgan fingerprint density at radius 1 is 0.769 bits per heavy atom. The third kappa shape index (κ3) is 5.44. The van der Waals surface area contributed by atoms with Gasteiger partial charge in [0.25, 0.3) is 0 Å². The van der Waals surface area contributed by atoms with Crippen molar-refractivity contribution in [3.63, 3.8) is 0 Å². The number of aliphatic hydroxyl groups excluding tert-OH is 1. The number of benzene rings is 3. The zero-order valence-corrected chi connectivity index (χ0v) is 21.3. The monoisotopic (exact) mass is 550 g/mol. The van der Waals surface area contributed by atoms with Crippen LogP contribution in [-0.4, -0.2) is 17.8 Å². The minimum Gasteiger partial charge on any atom is -0.388 e. The van der Waals surface area contributed by atoms with Crippen LogP contribution in [0.5, 0.6) is 0 Å². The fraction of sp³-hybridized carbons (Fsp3) is 0.400. The van der Waals surface area contributed by atoms with Crippen LogP contribution in [0.2, 0.25) is 0 Å². The number of ether oxygens (including phenoxy) is 2. The van der Waals surface area contributed by atoms with Gasteiger partial charge in [0.15, 0.2) is 34.9 Å². The van der Waals surface area contributed by atoms with E-state index < -0.39 is 47.1 Å². The Morgan fingerprint density at radius 3 is 1.95 bits per heavy atom. The van der Waals surface area contributed by atoms with Gasteiger partial charge in [-0.25, -0.2) is 26.3 Å². The summed E-state index contributed by atoms with van der Waals surface area (Å²) in [6, 6.07) is 7.95. The third-order valence-electron chi connectivity index (χ3n) is 7.72. The maximum Gasteiger partial charge on any atom is 0.167 e. The number of aliphatic hydroxyl groups is 1. The smallest absolute Gasteiger partial charge is 0.167 e. The highest BCUT2D eigenvalue weighted by Gasteiger charge is 2.32. The van der Waals surface area contributed by atoms with Gasteiger partial charge < -0.3 is 14.6 Å². The molecule has 0 radical (unpaired) electrons. The average molecular weight is 551 g/mol. The van der Waals surface area contributed by atoms with Gasteiger partial charge in [0, 0.05) is 27.8 Å². The van der Waals surface area contributed by atoms with E-state index in [1.54, 1.807) is 6.92 Å². The SMILES string of the molecule is CCC(O)c1ccc(COC2CCC(c3ccc(-c4ccc(C5CO5)c(F)c4F)c(F)c3F)CC2)c(F)c1F. The second-order valence-corrected chi connectivity index (χ2v) is 10.1. The Morgan fingerprint density at radius 2 is 1.36 bits per heavy atom. The van der Waals surface area contributed by atoms with Crippen LogP contribution in [0.4, 0.5) is 26.3 Å². The van der Waals surface area contributed by atoms with Crippen molar-refractivity contribution in [3.05, 3.63) is 93.6 Å². The second-order valence-electron chi connectivity index (χ2n) is 10.1. The molecule has 1 aliphatic carbocycles. The fourth-order valence-corrected chi connectivity index (χ4v) is 5.28. The summed E-state index contributed by atoms with van der Waals surface area (Å²) >= 11 is 0. The maximum absolute atomic E-state index is 15.1. The summed E-state index contributed by atoms with van der Waals surface area (Å²) in [6.45, 7) is 1.79. The molecule has 0 amide bonds. The van der Waals surface area contributed by atoms with Gasteiger partial charge in [-0.05, 0) is 43.6 Å². The van der Waals surface area contributed by atoms with Crippen LogP contribution in [0.3, 0.4) is 0 Å². The minimum atomic E-state index is -1.25. The maximum atomic E-state index is 15.1. The van der Waals surface area contributed by atoms with Crippen molar-refractivity contribution in [2.75, 3.05) is 6.61 Å². The summed E-state index contributed by atoms with van der Waals surface area (Å²) < 4.78 is 98.8. The van der Waals surface area contributed by atoms with E-state index in [1.165, 1.54) is 36.4 Å². The molecule has 3 aromatic rings. The Kier molecular flexibility index (Phi) is 8.03. The molecule has 5 rings (SSSR count). The number of rotatable bonds is 8. The number of hydrogen-bond acceptors (Lipinski definition) is 3. The quantitative estimate of drug-likeness (QED) is 0.229. The molecular formula is C30H28F6O3. The first kappa shape index (κ1) is 27.7. The summed E-state index contributed by atoms with van der Waals surface area (Å²) in [6.07, 6.45) is 0.299. The topological polar surface area (TPSA) is 42.0 Å². The lowest BCUT2D eigenvalue weighted by Crippen LogP contribution is -2.22. The van der Waals surface area contributed by atoms with Gasteiger partial charge in [-0.15, -0.1) is 0 Å². The van der Waals surface area contributed by atoms with Crippen molar-refractivity contribution in [2.24, 2.45) is 0 Å². The molecule has 1 aliphatic heterocycles. The molecular weight excluding hydrogens is 522 g/mol. The predicted molar refractivity (Wildman–Crippen MR) is 132 cm³/mol. The molecule has 1 N–H and O–H groups in total. The average Bonchev–Trinajstić information content (AvgIpc) is 3.78. The standard InChI is InChI=1S/C30H28F6O3/c1-2-23(37)21-8-5-16(25(31)29(21)35)13-38-17-6-3-15(4-7-17)18-9-10-19(27(33)26(18)32)20-11-12-22(24-14-39-24)30(36)28(20)34/h5,8-12,15,17,23-24,37H,2-4,6-7,13-14H2,1H3. The fourth-order valence-electron chi connectivity index (χ4n) is 5.28. The normalized spacial score (nSPS) is 21.7. The Hall–Kier alpha value is -2.88. The second kappa shape index (κ2) is 11.3. The highest BCUT2D eigenvalue weighted by molar-refractivity contribution is 5.66. The summed E-state index contributed by atoms with van der Waals surface area (Å²) in [5.74, 6) is -7.18. The van der Waals surface area contributed by atoms with Gasteiger partial charge in [-0.3, -0.25) is 0 Å². The molecule has 1 saturated heterocycles. The predicted octanol–water partition coefficient (Wildman–Crippen LogP) is 7.95. The van der Waals surface area contributed by atoms with Crippen molar-refractivity contribution in [3.8, 4) is 11.1 Å². The first-order chi connectivity index (χ1) is 18.7. The Bertz CT molecular complexity index is 1370. The van der Waals surface area contributed by atoms with Crippen LogP contribution in [0.1, 0.15) is 79.4 Å². The Balaban J connectivity index is 1.23. The molecule has 208 valence electrons. The number of halogens is 6. The van der Waals surface area contributed by atoms with Crippen LogP contribution in [0.25, 0.3) is 11.1 Å². The molecule has 2 atom stereocenters. The lowest BCUT2D eigenvalue weighted by molar-refractivity contribution is 0.0116. The van der Waals surface area contributed by atoms with Crippen molar-refractivity contribution in [1.82, 2.24) is 0 Å². The van der Waals surface area contributed by atoms with E-state index in [4.69, 9.17) is 9.47 Å². The van der Waals surface area contributed by atoms with E-state index in [0.717, 1.165) is 0 Å². The zero-order valence-electron chi connectivity index (χ0n) is 21.3. The molecule has 39 heavy (non-hydrogen) atoms. The van der Waals surface area contributed by atoms with Gasteiger partial charge in [-0.2, -0.15) is 0 Å². The van der Waals surface area contributed by atoms with Crippen LogP contribution >= 0.6 is 0 Å². The van der Waals surface area contributed by atoms with E-state index in [2.05, 4.69) is 0 Å². The van der Waals surface area contributed by atoms with E-state index in [1.807, 2.05) is 0 Å². The summed E-state index contributed by atoms with van der Waals surface area (Å²) in [4.78, 5) is 0. The molecule has 1 heterocycles. The van der Waals surface area contributed by atoms with E-state index in [9.17, 15) is 22.7 Å². The molecule has 3 nitrogen and oxygen atoms in total. The molecule has 3 aromatic carbocycles. The molecule has 2 unspecified atom stereocenters. The van der Waals surface area contributed by atoms with Crippen molar-refractivity contribution in [1.29, 1.82) is 0 Å². The lowest BCUT2D eigenvalue weighted by Gasteiger charge is -2.29. The van der Waals surface area contributed by atoms with E-state index in [0.29, 0.717) is 25.7 Å². The molecule has 9 heteroatoms. The number of hydrogen-bond donors (Lipinski definition) is 1. The molecule has 0 bridgehead atoms. The minimum absolute atomic E-state index is 0.0340.